The molecule has 1 heterocycles. The van der Waals surface area contributed by atoms with Gasteiger partial charge in [-0.1, -0.05) is 11.6 Å². The highest BCUT2D eigenvalue weighted by molar-refractivity contribution is 7.15. The first kappa shape index (κ1) is 13.0. The highest BCUT2D eigenvalue weighted by Gasteiger charge is 2.03. The van der Waals surface area contributed by atoms with Crippen molar-refractivity contribution in [2.45, 2.75) is 6.54 Å². The predicted octanol–water partition coefficient (Wildman–Crippen LogP) is 3.43. The third kappa shape index (κ3) is 3.27. The fourth-order valence-corrected chi connectivity index (χ4v) is 2.35. The minimum Gasteiger partial charge on any atom is -0.497 e. The fraction of sp³-hybridized carbons (Fsp3) is 0.250. The molecule has 0 amide bonds. The van der Waals surface area contributed by atoms with Crippen LogP contribution in [0.4, 0.5) is 5.69 Å². The third-order valence-corrected chi connectivity index (χ3v) is 3.44. The summed E-state index contributed by atoms with van der Waals surface area (Å²) in [7, 11) is 3.25. The van der Waals surface area contributed by atoms with Gasteiger partial charge in [0.1, 0.15) is 20.8 Å². The Bertz CT molecular complexity index is 508. The Morgan fingerprint density at radius 3 is 2.39 bits per heavy atom. The van der Waals surface area contributed by atoms with Gasteiger partial charge in [-0.3, -0.25) is 0 Å². The molecular weight excluding hydrogens is 272 g/mol. The molecule has 96 valence electrons. The van der Waals surface area contributed by atoms with Crippen LogP contribution < -0.4 is 14.8 Å². The van der Waals surface area contributed by atoms with Crippen LogP contribution in [0.5, 0.6) is 11.5 Å². The van der Waals surface area contributed by atoms with Gasteiger partial charge < -0.3 is 14.8 Å². The van der Waals surface area contributed by atoms with Crippen molar-refractivity contribution < 1.29 is 9.47 Å². The Morgan fingerprint density at radius 2 is 1.89 bits per heavy atom. The molecule has 0 fully saturated rings. The zero-order chi connectivity index (χ0) is 13.0. The molecule has 1 aromatic carbocycles. The molecule has 0 unspecified atom stereocenters. The van der Waals surface area contributed by atoms with E-state index in [9.17, 15) is 0 Å². The number of hydrogen-bond donors (Lipinski definition) is 1. The number of halogens is 1. The average molecular weight is 285 g/mol. The van der Waals surface area contributed by atoms with Crippen LogP contribution in [0.3, 0.4) is 0 Å². The van der Waals surface area contributed by atoms with E-state index in [1.807, 2.05) is 18.2 Å². The molecule has 2 aromatic rings. The summed E-state index contributed by atoms with van der Waals surface area (Å²) < 4.78 is 11.1. The molecule has 6 heteroatoms. The van der Waals surface area contributed by atoms with E-state index in [-0.39, 0.29) is 0 Å². The van der Waals surface area contributed by atoms with E-state index in [1.54, 1.807) is 20.4 Å². The topological polar surface area (TPSA) is 43.4 Å². The van der Waals surface area contributed by atoms with Gasteiger partial charge in [0.15, 0.2) is 0 Å². The van der Waals surface area contributed by atoms with E-state index < -0.39 is 0 Å². The van der Waals surface area contributed by atoms with Crippen molar-refractivity contribution in [2.75, 3.05) is 19.5 Å². The lowest BCUT2D eigenvalue weighted by atomic mass is 10.2. The molecule has 0 radical (unpaired) electrons. The monoisotopic (exact) mass is 284 g/mol. The number of aromatic nitrogens is 1. The normalized spacial score (nSPS) is 10.2. The molecule has 0 saturated heterocycles. The minimum atomic E-state index is 0.619. The van der Waals surface area contributed by atoms with Crippen molar-refractivity contribution in [1.29, 1.82) is 0 Å². The molecule has 0 saturated carbocycles. The largest absolute Gasteiger partial charge is 0.497 e. The van der Waals surface area contributed by atoms with E-state index in [1.165, 1.54) is 11.3 Å². The first-order valence-electron chi connectivity index (χ1n) is 5.28. The maximum Gasteiger partial charge on any atom is 0.124 e. The first-order valence-corrected chi connectivity index (χ1v) is 6.48. The van der Waals surface area contributed by atoms with Gasteiger partial charge in [-0.2, -0.15) is 0 Å². The molecule has 1 N–H and O–H groups in total. The predicted molar refractivity (Wildman–Crippen MR) is 74.0 cm³/mol. The Hall–Kier alpha value is -1.46. The maximum atomic E-state index is 5.83. The number of benzene rings is 1. The maximum absolute atomic E-state index is 5.83. The van der Waals surface area contributed by atoms with Gasteiger partial charge >= 0.3 is 0 Å². The van der Waals surface area contributed by atoms with E-state index in [2.05, 4.69) is 10.3 Å². The first-order chi connectivity index (χ1) is 8.71. The van der Waals surface area contributed by atoms with Gasteiger partial charge in [-0.25, -0.2) is 4.98 Å². The lowest BCUT2D eigenvalue weighted by molar-refractivity contribution is 0.394. The van der Waals surface area contributed by atoms with Crippen molar-refractivity contribution in [3.05, 3.63) is 33.7 Å². The SMILES string of the molecule is COc1cc(NCc2ncc(Cl)s2)cc(OC)c1. The summed E-state index contributed by atoms with van der Waals surface area (Å²) in [6.45, 7) is 0.619. The Balaban J connectivity index is 2.08. The van der Waals surface area contributed by atoms with Crippen LogP contribution >= 0.6 is 22.9 Å². The van der Waals surface area contributed by atoms with Crippen LogP contribution in [0.15, 0.2) is 24.4 Å². The summed E-state index contributed by atoms with van der Waals surface area (Å²) in [6.07, 6.45) is 1.65. The van der Waals surface area contributed by atoms with Crippen LogP contribution in [0, 0.1) is 0 Å². The van der Waals surface area contributed by atoms with Crippen LogP contribution in [-0.4, -0.2) is 19.2 Å². The summed E-state index contributed by atoms with van der Waals surface area (Å²) in [5.74, 6) is 1.49. The summed E-state index contributed by atoms with van der Waals surface area (Å²) in [5.41, 5.74) is 0.914. The minimum absolute atomic E-state index is 0.619. The van der Waals surface area contributed by atoms with Crippen LogP contribution in [0.2, 0.25) is 4.34 Å². The Kier molecular flexibility index (Phi) is 4.28. The number of anilines is 1. The summed E-state index contributed by atoms with van der Waals surface area (Å²) in [6, 6.07) is 5.63. The second-order valence-electron chi connectivity index (χ2n) is 3.51. The lowest BCUT2D eigenvalue weighted by Crippen LogP contribution is -1.99. The van der Waals surface area contributed by atoms with E-state index in [0.29, 0.717) is 10.9 Å². The molecule has 1 aromatic heterocycles. The lowest BCUT2D eigenvalue weighted by Gasteiger charge is -2.09. The van der Waals surface area contributed by atoms with Crippen molar-refractivity contribution >= 4 is 28.6 Å². The van der Waals surface area contributed by atoms with Crippen molar-refractivity contribution in [3.8, 4) is 11.5 Å². The molecule has 0 atom stereocenters. The van der Waals surface area contributed by atoms with Crippen LogP contribution in [0.1, 0.15) is 5.01 Å². The van der Waals surface area contributed by atoms with E-state index in [4.69, 9.17) is 21.1 Å². The highest BCUT2D eigenvalue weighted by Crippen LogP contribution is 2.26. The number of rotatable bonds is 5. The van der Waals surface area contributed by atoms with Crippen LogP contribution in [0.25, 0.3) is 0 Å². The molecule has 0 aliphatic carbocycles. The molecule has 0 aliphatic heterocycles. The Morgan fingerprint density at radius 1 is 1.22 bits per heavy atom. The van der Waals surface area contributed by atoms with Gasteiger partial charge in [-0.15, -0.1) is 11.3 Å². The zero-order valence-corrected chi connectivity index (χ0v) is 11.6. The van der Waals surface area contributed by atoms with Crippen molar-refractivity contribution in [1.82, 2.24) is 4.98 Å². The smallest absolute Gasteiger partial charge is 0.124 e. The molecule has 4 nitrogen and oxygen atoms in total. The molecule has 0 bridgehead atoms. The summed E-state index contributed by atoms with van der Waals surface area (Å²) in [4.78, 5) is 4.18. The zero-order valence-electron chi connectivity index (χ0n) is 10.1. The number of thiazole rings is 1. The van der Waals surface area contributed by atoms with Gasteiger partial charge in [-0.05, 0) is 0 Å². The molecular formula is C12H13ClN2O2S. The molecule has 0 aliphatic rings. The second kappa shape index (κ2) is 5.93. The van der Waals surface area contributed by atoms with Crippen molar-refractivity contribution in [3.63, 3.8) is 0 Å². The van der Waals surface area contributed by atoms with Crippen molar-refractivity contribution in [2.24, 2.45) is 0 Å². The van der Waals surface area contributed by atoms with Gasteiger partial charge in [0.2, 0.25) is 0 Å². The number of nitrogens with one attached hydrogen (secondary N) is 1. The fourth-order valence-electron chi connectivity index (χ4n) is 1.46. The van der Waals surface area contributed by atoms with Gasteiger partial charge in [0.05, 0.1) is 27.0 Å². The average Bonchev–Trinajstić information content (AvgIpc) is 2.81. The van der Waals surface area contributed by atoms with E-state index >= 15 is 0 Å². The number of nitrogens with zero attached hydrogens (tertiary/aromatic N) is 1. The third-order valence-electron chi connectivity index (χ3n) is 2.32. The van der Waals surface area contributed by atoms with Crippen LogP contribution in [-0.2, 0) is 6.54 Å². The summed E-state index contributed by atoms with van der Waals surface area (Å²) >= 11 is 7.28. The molecule has 2 rings (SSSR count). The van der Waals surface area contributed by atoms with Gasteiger partial charge in [0.25, 0.3) is 0 Å². The van der Waals surface area contributed by atoms with E-state index in [0.717, 1.165) is 22.2 Å². The molecule has 0 spiro atoms. The molecule has 18 heavy (non-hydrogen) atoms. The summed E-state index contributed by atoms with van der Waals surface area (Å²) in [5, 5.41) is 4.19. The quantitative estimate of drug-likeness (QED) is 0.913. The Labute approximate surface area is 115 Å². The number of ether oxygens (including phenoxy) is 2. The van der Waals surface area contributed by atoms with Gasteiger partial charge in [0, 0.05) is 23.9 Å². The number of methoxy groups -OCH3 is 2. The highest BCUT2D eigenvalue weighted by atomic mass is 35.5. The standard InChI is InChI=1S/C12H13ClN2O2S/c1-16-9-3-8(4-10(5-9)17-2)14-7-12-15-6-11(13)18-12/h3-6,14H,7H2,1-2H3. The number of hydrogen-bond acceptors (Lipinski definition) is 5. The second-order valence-corrected chi connectivity index (χ2v) is 5.26.